The second kappa shape index (κ2) is 9.87. The van der Waals surface area contributed by atoms with Gasteiger partial charge in [-0.1, -0.05) is 38.3 Å². The summed E-state index contributed by atoms with van der Waals surface area (Å²) in [4.78, 5) is 12.5. The van der Waals surface area contributed by atoms with E-state index in [4.69, 9.17) is 16.3 Å². The number of halogens is 1. The van der Waals surface area contributed by atoms with Gasteiger partial charge < -0.3 is 10.1 Å². The molecule has 6 nitrogen and oxygen atoms in total. The van der Waals surface area contributed by atoms with Gasteiger partial charge in [-0.15, -0.1) is 0 Å². The van der Waals surface area contributed by atoms with Gasteiger partial charge in [-0.3, -0.25) is 4.79 Å². The van der Waals surface area contributed by atoms with Crippen LogP contribution in [-0.2, 0) is 14.8 Å². The Balaban J connectivity index is 2.10. The van der Waals surface area contributed by atoms with Gasteiger partial charge in [0.1, 0.15) is 4.90 Å². The van der Waals surface area contributed by atoms with Crippen LogP contribution in [-0.4, -0.2) is 51.0 Å². The molecule has 0 bridgehead atoms. The van der Waals surface area contributed by atoms with Gasteiger partial charge in [0.25, 0.3) is 5.91 Å². The molecule has 0 aromatic heterocycles. The number of benzene rings is 1. The summed E-state index contributed by atoms with van der Waals surface area (Å²) in [6, 6.07) is 4.40. The Labute approximate surface area is 167 Å². The summed E-state index contributed by atoms with van der Waals surface area (Å²) in [6.07, 6.45) is 3.04. The van der Waals surface area contributed by atoms with Gasteiger partial charge in [-0.05, 0) is 37.5 Å². The van der Waals surface area contributed by atoms with Crippen LogP contribution in [0.15, 0.2) is 23.1 Å². The number of rotatable bonds is 8. The molecule has 27 heavy (non-hydrogen) atoms. The molecule has 1 aromatic carbocycles. The summed E-state index contributed by atoms with van der Waals surface area (Å²) in [6.45, 7) is 7.57. The van der Waals surface area contributed by atoms with Gasteiger partial charge >= 0.3 is 0 Å². The molecule has 0 aliphatic carbocycles. The zero-order valence-electron chi connectivity index (χ0n) is 16.2. The van der Waals surface area contributed by atoms with Crippen molar-refractivity contribution in [1.82, 2.24) is 9.62 Å². The van der Waals surface area contributed by atoms with E-state index in [0.29, 0.717) is 24.7 Å². The van der Waals surface area contributed by atoms with Crippen LogP contribution >= 0.6 is 11.6 Å². The number of carbonyl (C=O) groups excluding carboxylic acids is 1. The lowest BCUT2D eigenvalue weighted by Crippen LogP contribution is -2.40. The predicted molar refractivity (Wildman–Crippen MR) is 107 cm³/mol. The lowest BCUT2D eigenvalue weighted by atomic mass is 10.0. The molecule has 0 radical (unpaired) electrons. The monoisotopic (exact) mass is 416 g/mol. The Kier molecular flexibility index (Phi) is 8.09. The van der Waals surface area contributed by atoms with E-state index < -0.39 is 10.0 Å². The van der Waals surface area contributed by atoms with Crippen LogP contribution in [0.1, 0.15) is 50.4 Å². The molecule has 1 aromatic rings. The normalized spacial score (nSPS) is 17.1. The van der Waals surface area contributed by atoms with E-state index in [0.717, 1.165) is 19.3 Å². The van der Waals surface area contributed by atoms with Crippen molar-refractivity contribution in [3.63, 3.8) is 0 Å². The van der Waals surface area contributed by atoms with Crippen LogP contribution in [0.4, 0.5) is 0 Å². The highest BCUT2D eigenvalue weighted by Crippen LogP contribution is 2.26. The van der Waals surface area contributed by atoms with Crippen LogP contribution in [0.5, 0.6) is 0 Å². The second-order valence-electron chi connectivity index (χ2n) is 7.36. The second-order valence-corrected chi connectivity index (χ2v) is 9.67. The number of nitrogens with zero attached hydrogens (tertiary/aromatic N) is 1. The Bertz CT molecular complexity index is 746. The molecule has 0 spiro atoms. The molecule has 2 rings (SSSR count). The SMILES string of the molecule is CC(C)CCC[C@H](C)NC(=O)c1ccc(Cl)c(S(=O)(=O)N2CCOCC2)c1. The highest BCUT2D eigenvalue weighted by atomic mass is 35.5. The topological polar surface area (TPSA) is 75.7 Å². The highest BCUT2D eigenvalue weighted by Gasteiger charge is 2.29. The van der Waals surface area contributed by atoms with Crippen LogP contribution in [0, 0.1) is 5.92 Å². The lowest BCUT2D eigenvalue weighted by molar-refractivity contribution is 0.0730. The molecule has 1 fully saturated rings. The average molecular weight is 417 g/mol. The number of amides is 1. The van der Waals surface area contributed by atoms with Gasteiger partial charge in [0, 0.05) is 24.7 Å². The fraction of sp³-hybridized carbons (Fsp3) is 0.632. The smallest absolute Gasteiger partial charge is 0.251 e. The van der Waals surface area contributed by atoms with Crippen molar-refractivity contribution < 1.29 is 17.9 Å². The zero-order chi connectivity index (χ0) is 20.0. The predicted octanol–water partition coefficient (Wildman–Crippen LogP) is 3.31. The van der Waals surface area contributed by atoms with E-state index in [1.54, 1.807) is 6.07 Å². The van der Waals surface area contributed by atoms with Crippen molar-refractivity contribution in [2.75, 3.05) is 26.3 Å². The lowest BCUT2D eigenvalue weighted by Gasteiger charge is -2.26. The summed E-state index contributed by atoms with van der Waals surface area (Å²) in [5.74, 6) is 0.347. The summed E-state index contributed by atoms with van der Waals surface area (Å²) in [7, 11) is -3.76. The number of morpholine rings is 1. The Morgan fingerprint density at radius 3 is 2.52 bits per heavy atom. The van der Waals surface area contributed by atoms with E-state index in [2.05, 4.69) is 19.2 Å². The van der Waals surface area contributed by atoms with Crippen LogP contribution < -0.4 is 5.32 Å². The molecule has 1 heterocycles. The van der Waals surface area contributed by atoms with E-state index >= 15 is 0 Å². The number of carbonyl (C=O) groups is 1. The molecule has 152 valence electrons. The van der Waals surface area contributed by atoms with Crippen molar-refractivity contribution in [1.29, 1.82) is 0 Å². The first kappa shape index (κ1) is 22.1. The van der Waals surface area contributed by atoms with Crippen LogP contribution in [0.3, 0.4) is 0 Å². The van der Waals surface area contributed by atoms with Crippen molar-refractivity contribution in [2.24, 2.45) is 5.92 Å². The zero-order valence-corrected chi connectivity index (χ0v) is 17.8. The molecule has 1 N–H and O–H groups in total. The van der Waals surface area contributed by atoms with Gasteiger partial charge in [-0.2, -0.15) is 4.31 Å². The number of sulfonamides is 1. The third-order valence-corrected chi connectivity index (χ3v) is 6.96. The maximum Gasteiger partial charge on any atom is 0.251 e. The van der Waals surface area contributed by atoms with Crippen molar-refractivity contribution >= 4 is 27.5 Å². The maximum atomic E-state index is 12.9. The first-order chi connectivity index (χ1) is 12.7. The first-order valence-corrected chi connectivity index (χ1v) is 11.2. The quantitative estimate of drug-likeness (QED) is 0.705. The number of nitrogens with one attached hydrogen (secondary N) is 1. The van der Waals surface area contributed by atoms with E-state index in [1.807, 2.05) is 6.92 Å². The fourth-order valence-electron chi connectivity index (χ4n) is 2.98. The van der Waals surface area contributed by atoms with Gasteiger partial charge in [0.15, 0.2) is 0 Å². The van der Waals surface area contributed by atoms with E-state index in [9.17, 15) is 13.2 Å². The molecule has 8 heteroatoms. The third-order valence-electron chi connectivity index (χ3n) is 4.58. The minimum absolute atomic E-state index is 0.0197. The number of hydrogen-bond acceptors (Lipinski definition) is 4. The molecule has 1 atom stereocenters. The number of ether oxygens (including phenoxy) is 1. The number of hydrogen-bond donors (Lipinski definition) is 1. The minimum Gasteiger partial charge on any atom is -0.379 e. The minimum atomic E-state index is -3.76. The summed E-state index contributed by atoms with van der Waals surface area (Å²) < 4.78 is 32.3. The fourth-order valence-corrected chi connectivity index (χ4v) is 4.89. The Morgan fingerprint density at radius 2 is 1.89 bits per heavy atom. The molecule has 1 aliphatic rings. The van der Waals surface area contributed by atoms with Crippen molar-refractivity contribution in [3.8, 4) is 0 Å². The molecular formula is C19H29ClN2O4S. The molecular weight excluding hydrogens is 388 g/mol. The molecule has 0 saturated carbocycles. The largest absolute Gasteiger partial charge is 0.379 e. The van der Waals surface area contributed by atoms with Crippen LogP contribution in [0.25, 0.3) is 0 Å². The Morgan fingerprint density at radius 1 is 1.22 bits per heavy atom. The van der Waals surface area contributed by atoms with E-state index in [-0.39, 0.29) is 35.0 Å². The van der Waals surface area contributed by atoms with Crippen LogP contribution in [0.2, 0.25) is 5.02 Å². The summed E-state index contributed by atoms with van der Waals surface area (Å²) in [5.41, 5.74) is 0.293. The van der Waals surface area contributed by atoms with E-state index in [1.165, 1.54) is 16.4 Å². The van der Waals surface area contributed by atoms with Gasteiger partial charge in [0.2, 0.25) is 10.0 Å². The van der Waals surface area contributed by atoms with Crippen molar-refractivity contribution in [3.05, 3.63) is 28.8 Å². The van der Waals surface area contributed by atoms with Gasteiger partial charge in [0.05, 0.1) is 18.2 Å². The highest BCUT2D eigenvalue weighted by molar-refractivity contribution is 7.89. The first-order valence-electron chi connectivity index (χ1n) is 9.40. The maximum absolute atomic E-state index is 12.9. The third kappa shape index (κ3) is 6.17. The average Bonchev–Trinajstić information content (AvgIpc) is 2.62. The summed E-state index contributed by atoms with van der Waals surface area (Å²) >= 11 is 6.14. The Hall–Kier alpha value is -1.15. The molecule has 1 amide bonds. The molecule has 0 unspecified atom stereocenters. The molecule has 1 saturated heterocycles. The standard InChI is InChI=1S/C19H29ClN2O4S/c1-14(2)5-4-6-15(3)21-19(23)16-7-8-17(20)18(13-16)27(24,25)22-9-11-26-12-10-22/h7-8,13-15H,4-6,9-12H2,1-3H3,(H,21,23)/t15-/m0/s1. The molecule has 1 aliphatic heterocycles. The van der Waals surface area contributed by atoms with Crippen molar-refractivity contribution in [2.45, 2.75) is 51.0 Å². The van der Waals surface area contributed by atoms with Gasteiger partial charge in [-0.25, -0.2) is 8.42 Å². The summed E-state index contributed by atoms with van der Waals surface area (Å²) in [5, 5.41) is 3.05.